The highest BCUT2D eigenvalue weighted by Crippen LogP contribution is 2.33. The van der Waals surface area contributed by atoms with Gasteiger partial charge in [0, 0.05) is 17.1 Å². The Morgan fingerprint density at radius 1 is 1.11 bits per heavy atom. The molecule has 0 aromatic heterocycles. The lowest BCUT2D eigenvalue weighted by Gasteiger charge is -2.14. The molecule has 1 nitrogen and oxygen atoms in total. The highest BCUT2D eigenvalue weighted by molar-refractivity contribution is 9.10. The van der Waals surface area contributed by atoms with Crippen LogP contribution in [0.1, 0.15) is 29.2 Å². The predicted molar refractivity (Wildman–Crippen MR) is 78.5 cm³/mol. The zero-order chi connectivity index (χ0) is 12.4. The first-order chi connectivity index (χ1) is 8.83. The summed E-state index contributed by atoms with van der Waals surface area (Å²) in [5, 5.41) is 3.66. The highest BCUT2D eigenvalue weighted by atomic mass is 79.9. The number of nitrogens with one attached hydrogen (secondary N) is 1. The van der Waals surface area contributed by atoms with Gasteiger partial charge in [0.25, 0.3) is 0 Å². The average Bonchev–Trinajstić information content (AvgIpc) is 2.80. The SMILES string of the molecule is Brc1ccc2c(c1)C(NCc1ccccc1)CC2. The van der Waals surface area contributed by atoms with E-state index in [4.69, 9.17) is 0 Å². The topological polar surface area (TPSA) is 12.0 Å². The number of fused-ring (bicyclic) bond motifs is 1. The van der Waals surface area contributed by atoms with Gasteiger partial charge in [-0.3, -0.25) is 0 Å². The van der Waals surface area contributed by atoms with Gasteiger partial charge in [-0.25, -0.2) is 0 Å². The van der Waals surface area contributed by atoms with Gasteiger partial charge in [-0.15, -0.1) is 0 Å². The molecule has 0 aliphatic heterocycles. The lowest BCUT2D eigenvalue weighted by molar-refractivity contribution is 0.530. The van der Waals surface area contributed by atoms with Crippen LogP contribution in [0.3, 0.4) is 0 Å². The standard InChI is InChI=1S/C16H16BrN/c17-14-8-6-13-7-9-16(15(13)10-14)18-11-12-4-2-1-3-5-12/h1-6,8,10,16,18H,7,9,11H2. The molecule has 1 N–H and O–H groups in total. The first-order valence-corrected chi connectivity index (χ1v) is 7.18. The number of hydrogen-bond donors (Lipinski definition) is 1. The van der Waals surface area contributed by atoms with Gasteiger partial charge in [-0.2, -0.15) is 0 Å². The lowest BCUT2D eigenvalue weighted by atomic mass is 10.1. The molecule has 2 aromatic carbocycles. The van der Waals surface area contributed by atoms with Crippen molar-refractivity contribution in [2.75, 3.05) is 0 Å². The lowest BCUT2D eigenvalue weighted by Crippen LogP contribution is -2.18. The summed E-state index contributed by atoms with van der Waals surface area (Å²) in [4.78, 5) is 0. The van der Waals surface area contributed by atoms with Crippen LogP contribution in [0.4, 0.5) is 0 Å². The molecule has 18 heavy (non-hydrogen) atoms. The Labute approximate surface area is 116 Å². The van der Waals surface area contributed by atoms with Gasteiger partial charge in [0.2, 0.25) is 0 Å². The van der Waals surface area contributed by atoms with Crippen molar-refractivity contribution < 1.29 is 0 Å². The summed E-state index contributed by atoms with van der Waals surface area (Å²) in [7, 11) is 0. The normalized spacial score (nSPS) is 17.7. The molecule has 1 atom stereocenters. The largest absolute Gasteiger partial charge is 0.306 e. The molecule has 1 unspecified atom stereocenters. The van der Waals surface area contributed by atoms with Gasteiger partial charge in [0.1, 0.15) is 0 Å². The fourth-order valence-corrected chi connectivity index (χ4v) is 3.00. The van der Waals surface area contributed by atoms with E-state index in [0.717, 1.165) is 6.54 Å². The smallest absolute Gasteiger partial charge is 0.0329 e. The van der Waals surface area contributed by atoms with E-state index in [1.54, 1.807) is 0 Å². The second-order valence-electron chi connectivity index (χ2n) is 4.80. The number of hydrogen-bond acceptors (Lipinski definition) is 1. The van der Waals surface area contributed by atoms with Crippen LogP contribution in [0.5, 0.6) is 0 Å². The first-order valence-electron chi connectivity index (χ1n) is 6.38. The van der Waals surface area contributed by atoms with Crippen LogP contribution in [0.2, 0.25) is 0 Å². The molecule has 0 saturated carbocycles. The maximum Gasteiger partial charge on any atom is 0.0329 e. The zero-order valence-corrected chi connectivity index (χ0v) is 11.8. The zero-order valence-electron chi connectivity index (χ0n) is 10.2. The Bertz CT molecular complexity index is 536. The third-order valence-corrected chi connectivity index (χ3v) is 4.07. The monoisotopic (exact) mass is 301 g/mol. The minimum Gasteiger partial charge on any atom is -0.306 e. The van der Waals surface area contributed by atoms with E-state index in [9.17, 15) is 0 Å². The summed E-state index contributed by atoms with van der Waals surface area (Å²) in [6.07, 6.45) is 2.40. The van der Waals surface area contributed by atoms with Crippen LogP contribution in [0, 0.1) is 0 Å². The second kappa shape index (κ2) is 5.25. The van der Waals surface area contributed by atoms with Crippen molar-refractivity contribution in [1.82, 2.24) is 5.32 Å². The van der Waals surface area contributed by atoms with Gasteiger partial charge in [-0.1, -0.05) is 52.3 Å². The maximum atomic E-state index is 3.66. The molecule has 0 radical (unpaired) electrons. The van der Waals surface area contributed by atoms with Crippen molar-refractivity contribution in [3.05, 3.63) is 69.7 Å². The number of halogens is 1. The number of rotatable bonds is 3. The van der Waals surface area contributed by atoms with Crippen LogP contribution < -0.4 is 5.32 Å². The Morgan fingerprint density at radius 3 is 2.78 bits per heavy atom. The number of benzene rings is 2. The summed E-state index contributed by atoms with van der Waals surface area (Å²) >= 11 is 3.56. The summed E-state index contributed by atoms with van der Waals surface area (Å²) in [5.41, 5.74) is 4.30. The molecule has 3 rings (SSSR count). The Hall–Kier alpha value is -1.12. The Balaban J connectivity index is 1.71. The third kappa shape index (κ3) is 2.50. The molecule has 0 saturated heterocycles. The summed E-state index contributed by atoms with van der Waals surface area (Å²) in [6.45, 7) is 0.942. The summed E-state index contributed by atoms with van der Waals surface area (Å²) in [5.74, 6) is 0. The Morgan fingerprint density at radius 2 is 1.94 bits per heavy atom. The van der Waals surface area contributed by atoms with Crippen molar-refractivity contribution in [3.63, 3.8) is 0 Å². The van der Waals surface area contributed by atoms with Crippen molar-refractivity contribution in [2.24, 2.45) is 0 Å². The molecule has 0 heterocycles. The summed E-state index contributed by atoms with van der Waals surface area (Å²) < 4.78 is 1.18. The molecule has 0 bridgehead atoms. The predicted octanol–water partition coefficient (Wildman–Crippen LogP) is 4.23. The minimum atomic E-state index is 0.498. The van der Waals surface area contributed by atoms with E-state index in [2.05, 4.69) is 69.8 Å². The highest BCUT2D eigenvalue weighted by Gasteiger charge is 2.21. The van der Waals surface area contributed by atoms with Crippen molar-refractivity contribution in [3.8, 4) is 0 Å². The maximum absolute atomic E-state index is 3.66. The van der Waals surface area contributed by atoms with Crippen LogP contribution >= 0.6 is 15.9 Å². The molecule has 0 spiro atoms. The fourth-order valence-electron chi connectivity index (χ4n) is 2.62. The second-order valence-corrected chi connectivity index (χ2v) is 5.72. The van der Waals surface area contributed by atoms with E-state index in [1.807, 2.05) is 0 Å². The van der Waals surface area contributed by atoms with E-state index in [-0.39, 0.29) is 0 Å². The molecule has 0 fully saturated rings. The molecule has 0 amide bonds. The molecule has 92 valence electrons. The van der Waals surface area contributed by atoms with E-state index in [1.165, 1.54) is 34.0 Å². The number of aryl methyl sites for hydroxylation is 1. The van der Waals surface area contributed by atoms with Gasteiger partial charge < -0.3 is 5.32 Å². The van der Waals surface area contributed by atoms with Gasteiger partial charge in [0.15, 0.2) is 0 Å². The van der Waals surface area contributed by atoms with Crippen LogP contribution in [-0.2, 0) is 13.0 Å². The van der Waals surface area contributed by atoms with Crippen LogP contribution in [0.15, 0.2) is 53.0 Å². The van der Waals surface area contributed by atoms with E-state index >= 15 is 0 Å². The van der Waals surface area contributed by atoms with Crippen molar-refractivity contribution >= 4 is 15.9 Å². The van der Waals surface area contributed by atoms with E-state index in [0.29, 0.717) is 6.04 Å². The quantitative estimate of drug-likeness (QED) is 0.895. The molecule has 1 aliphatic rings. The third-order valence-electron chi connectivity index (χ3n) is 3.58. The average molecular weight is 302 g/mol. The van der Waals surface area contributed by atoms with Gasteiger partial charge in [-0.05, 0) is 41.7 Å². The summed E-state index contributed by atoms with van der Waals surface area (Å²) in [6, 6.07) is 17.7. The first kappa shape index (κ1) is 11.9. The van der Waals surface area contributed by atoms with Crippen LogP contribution in [0.25, 0.3) is 0 Å². The van der Waals surface area contributed by atoms with E-state index < -0.39 is 0 Å². The molecular formula is C16H16BrN. The molecule has 2 heteroatoms. The molecular weight excluding hydrogens is 286 g/mol. The fraction of sp³-hybridized carbons (Fsp3) is 0.250. The van der Waals surface area contributed by atoms with Crippen molar-refractivity contribution in [1.29, 1.82) is 0 Å². The molecule has 1 aliphatic carbocycles. The Kier molecular flexibility index (Phi) is 3.48. The molecule has 2 aromatic rings. The van der Waals surface area contributed by atoms with Gasteiger partial charge in [0.05, 0.1) is 0 Å². The van der Waals surface area contributed by atoms with Crippen molar-refractivity contribution in [2.45, 2.75) is 25.4 Å². The minimum absolute atomic E-state index is 0.498. The van der Waals surface area contributed by atoms with Crippen LogP contribution in [-0.4, -0.2) is 0 Å². The van der Waals surface area contributed by atoms with Gasteiger partial charge >= 0.3 is 0 Å².